The fourth-order valence-electron chi connectivity index (χ4n) is 2.59. The van der Waals surface area contributed by atoms with Crippen LogP contribution in [0.15, 0.2) is 30.6 Å². The Morgan fingerprint density at radius 1 is 1.15 bits per heavy atom. The molecule has 5 nitrogen and oxygen atoms in total. The molecule has 3 N–H and O–H groups in total. The molecular weight excluding hydrogens is 274 g/mol. The molecule has 0 spiro atoms. The van der Waals surface area contributed by atoms with Crippen molar-refractivity contribution in [3.63, 3.8) is 0 Å². The van der Waals surface area contributed by atoms with Gasteiger partial charge in [0, 0.05) is 40.6 Å². The number of benzene rings is 1. The third-order valence-electron chi connectivity index (χ3n) is 3.77. The van der Waals surface area contributed by atoms with Gasteiger partial charge in [-0.3, -0.25) is 4.98 Å². The van der Waals surface area contributed by atoms with E-state index in [1.165, 1.54) is 0 Å². The molecule has 0 bridgehead atoms. The van der Waals surface area contributed by atoms with Crippen LogP contribution in [0.1, 0.15) is 12.8 Å². The first-order chi connectivity index (χ1) is 9.55. The zero-order valence-electron chi connectivity index (χ0n) is 11.0. The van der Waals surface area contributed by atoms with E-state index in [1.54, 1.807) is 12.4 Å². The van der Waals surface area contributed by atoms with E-state index in [1.807, 2.05) is 18.2 Å². The number of nitrogens with two attached hydrogens (primary N) is 1. The van der Waals surface area contributed by atoms with Crippen LogP contribution < -0.4 is 11.1 Å². The predicted octanol–water partition coefficient (Wildman–Crippen LogP) is 1.81. The largest absolute Gasteiger partial charge is 0.398 e. The standard InChI is InChI=1S/C14H17N3O2S/c15-13-1-2-14(11-3-6-16-9-12(11)13)17-10-4-7-20(18,19)8-5-10/h1-3,6,9-10,17H,4-5,7-8,15H2. The van der Waals surface area contributed by atoms with Gasteiger partial charge in [-0.25, -0.2) is 8.42 Å². The first-order valence-electron chi connectivity index (χ1n) is 6.64. The van der Waals surface area contributed by atoms with Crippen LogP contribution in [-0.2, 0) is 9.84 Å². The molecule has 106 valence electrons. The third-order valence-corrected chi connectivity index (χ3v) is 5.48. The second kappa shape index (κ2) is 4.94. The summed E-state index contributed by atoms with van der Waals surface area (Å²) < 4.78 is 22.9. The van der Waals surface area contributed by atoms with Crippen LogP contribution in [0, 0.1) is 0 Å². The number of nitrogen functional groups attached to an aromatic ring is 1. The van der Waals surface area contributed by atoms with Gasteiger partial charge in [-0.2, -0.15) is 0 Å². The maximum atomic E-state index is 11.5. The summed E-state index contributed by atoms with van der Waals surface area (Å²) in [6, 6.07) is 5.92. The molecule has 2 heterocycles. The Morgan fingerprint density at radius 3 is 2.65 bits per heavy atom. The number of hydrogen-bond donors (Lipinski definition) is 2. The molecule has 1 fully saturated rings. The smallest absolute Gasteiger partial charge is 0.150 e. The number of nitrogens with one attached hydrogen (secondary N) is 1. The first kappa shape index (κ1) is 13.2. The van der Waals surface area contributed by atoms with Gasteiger partial charge in [0.25, 0.3) is 0 Å². The Hall–Kier alpha value is -1.82. The molecular formula is C14H17N3O2S. The Bertz CT molecular complexity index is 729. The number of nitrogens with zero attached hydrogens (tertiary/aromatic N) is 1. The number of hydrogen-bond acceptors (Lipinski definition) is 5. The third kappa shape index (κ3) is 2.56. The van der Waals surface area contributed by atoms with Crippen molar-refractivity contribution in [2.24, 2.45) is 0 Å². The summed E-state index contributed by atoms with van der Waals surface area (Å²) in [6.45, 7) is 0. The number of rotatable bonds is 2. The van der Waals surface area contributed by atoms with Crippen molar-refractivity contribution in [2.75, 3.05) is 22.6 Å². The Morgan fingerprint density at radius 2 is 1.90 bits per heavy atom. The zero-order valence-corrected chi connectivity index (χ0v) is 11.9. The highest BCUT2D eigenvalue weighted by molar-refractivity contribution is 7.91. The van der Waals surface area contributed by atoms with E-state index in [0.717, 1.165) is 16.5 Å². The van der Waals surface area contributed by atoms with E-state index in [2.05, 4.69) is 10.3 Å². The summed E-state index contributed by atoms with van der Waals surface area (Å²) in [5, 5.41) is 5.38. The average molecular weight is 291 g/mol. The van der Waals surface area contributed by atoms with Crippen molar-refractivity contribution >= 4 is 32.0 Å². The zero-order chi connectivity index (χ0) is 14.2. The number of pyridine rings is 1. The molecule has 0 radical (unpaired) electrons. The molecule has 20 heavy (non-hydrogen) atoms. The molecule has 0 amide bonds. The lowest BCUT2D eigenvalue weighted by Crippen LogP contribution is -2.32. The van der Waals surface area contributed by atoms with Crippen LogP contribution in [-0.4, -0.2) is 30.9 Å². The van der Waals surface area contributed by atoms with Crippen LogP contribution in [0.25, 0.3) is 10.8 Å². The van der Waals surface area contributed by atoms with E-state index in [9.17, 15) is 8.42 Å². The van der Waals surface area contributed by atoms with Crippen LogP contribution >= 0.6 is 0 Å². The van der Waals surface area contributed by atoms with Gasteiger partial charge in [0.2, 0.25) is 0 Å². The fraction of sp³-hybridized carbons (Fsp3) is 0.357. The monoisotopic (exact) mass is 291 g/mol. The lowest BCUT2D eigenvalue weighted by Gasteiger charge is -2.25. The normalized spacial score (nSPS) is 19.0. The summed E-state index contributed by atoms with van der Waals surface area (Å²) in [5.74, 6) is 0.526. The minimum Gasteiger partial charge on any atom is -0.398 e. The van der Waals surface area contributed by atoms with Crippen molar-refractivity contribution in [3.8, 4) is 0 Å². The van der Waals surface area contributed by atoms with E-state index in [0.29, 0.717) is 18.5 Å². The summed E-state index contributed by atoms with van der Waals surface area (Å²) in [4.78, 5) is 4.09. The van der Waals surface area contributed by atoms with E-state index in [4.69, 9.17) is 5.73 Å². The van der Waals surface area contributed by atoms with Gasteiger partial charge >= 0.3 is 0 Å². The quantitative estimate of drug-likeness (QED) is 0.824. The SMILES string of the molecule is Nc1ccc(NC2CCS(=O)(=O)CC2)c2ccncc12. The van der Waals surface area contributed by atoms with Crippen molar-refractivity contribution in [3.05, 3.63) is 30.6 Å². The van der Waals surface area contributed by atoms with Gasteiger partial charge in [0.1, 0.15) is 9.84 Å². The Balaban J connectivity index is 1.87. The van der Waals surface area contributed by atoms with Gasteiger partial charge in [-0.1, -0.05) is 0 Å². The molecule has 1 aromatic heterocycles. The maximum Gasteiger partial charge on any atom is 0.150 e. The highest BCUT2D eigenvalue weighted by Crippen LogP contribution is 2.29. The molecule has 0 saturated carbocycles. The van der Waals surface area contributed by atoms with Gasteiger partial charge < -0.3 is 11.1 Å². The number of anilines is 2. The van der Waals surface area contributed by atoms with Crippen LogP contribution in [0.2, 0.25) is 0 Å². The second-order valence-corrected chi connectivity index (χ2v) is 7.50. The van der Waals surface area contributed by atoms with Gasteiger partial charge in [-0.05, 0) is 31.0 Å². The maximum absolute atomic E-state index is 11.5. The van der Waals surface area contributed by atoms with Crippen molar-refractivity contribution in [1.29, 1.82) is 0 Å². The van der Waals surface area contributed by atoms with Gasteiger partial charge in [0.05, 0.1) is 11.5 Å². The number of fused-ring (bicyclic) bond motifs is 1. The molecule has 3 rings (SSSR count). The summed E-state index contributed by atoms with van der Waals surface area (Å²) in [6.07, 6.45) is 4.79. The molecule has 6 heteroatoms. The minimum atomic E-state index is -2.83. The lowest BCUT2D eigenvalue weighted by molar-refractivity contribution is 0.560. The molecule has 0 atom stereocenters. The van der Waals surface area contributed by atoms with Crippen LogP contribution in [0.4, 0.5) is 11.4 Å². The fourth-order valence-corrected chi connectivity index (χ4v) is 4.08. The van der Waals surface area contributed by atoms with Crippen molar-refractivity contribution in [2.45, 2.75) is 18.9 Å². The summed E-state index contributed by atoms with van der Waals surface area (Å²) in [5.41, 5.74) is 7.63. The number of aromatic nitrogens is 1. The topological polar surface area (TPSA) is 85.1 Å². The number of sulfone groups is 1. The van der Waals surface area contributed by atoms with Gasteiger partial charge in [-0.15, -0.1) is 0 Å². The summed E-state index contributed by atoms with van der Waals surface area (Å²) in [7, 11) is -2.83. The molecule has 1 saturated heterocycles. The molecule has 0 unspecified atom stereocenters. The highest BCUT2D eigenvalue weighted by Gasteiger charge is 2.23. The van der Waals surface area contributed by atoms with Crippen molar-refractivity contribution < 1.29 is 8.42 Å². The average Bonchev–Trinajstić information content (AvgIpc) is 2.44. The lowest BCUT2D eigenvalue weighted by atomic mass is 10.1. The second-order valence-electron chi connectivity index (χ2n) is 5.19. The minimum absolute atomic E-state index is 0.193. The van der Waals surface area contributed by atoms with Crippen molar-refractivity contribution in [1.82, 2.24) is 4.98 Å². The van der Waals surface area contributed by atoms with E-state index >= 15 is 0 Å². The highest BCUT2D eigenvalue weighted by atomic mass is 32.2. The molecule has 1 aliphatic rings. The van der Waals surface area contributed by atoms with E-state index < -0.39 is 9.84 Å². The molecule has 2 aromatic rings. The van der Waals surface area contributed by atoms with E-state index in [-0.39, 0.29) is 17.5 Å². The molecule has 1 aliphatic heterocycles. The Kier molecular flexibility index (Phi) is 3.25. The predicted molar refractivity (Wildman–Crippen MR) is 81.5 cm³/mol. The van der Waals surface area contributed by atoms with Crippen LogP contribution in [0.3, 0.4) is 0 Å². The summed E-state index contributed by atoms with van der Waals surface area (Å²) >= 11 is 0. The Labute approximate surface area is 118 Å². The first-order valence-corrected chi connectivity index (χ1v) is 8.46. The molecule has 1 aromatic carbocycles. The molecule has 0 aliphatic carbocycles. The van der Waals surface area contributed by atoms with Gasteiger partial charge in [0.15, 0.2) is 0 Å². The van der Waals surface area contributed by atoms with Crippen LogP contribution in [0.5, 0.6) is 0 Å².